The summed E-state index contributed by atoms with van der Waals surface area (Å²) in [5, 5.41) is 4.01. The van der Waals surface area contributed by atoms with Crippen molar-refractivity contribution in [3.63, 3.8) is 0 Å². The molecule has 0 spiro atoms. The Morgan fingerprint density at radius 1 is 1.36 bits per heavy atom. The molecule has 0 aliphatic heterocycles. The van der Waals surface area contributed by atoms with Gasteiger partial charge in [-0.05, 0) is 12.3 Å². The van der Waals surface area contributed by atoms with Gasteiger partial charge < -0.3 is 5.32 Å². The van der Waals surface area contributed by atoms with E-state index in [1.165, 1.54) is 6.92 Å². The molecule has 1 unspecified atom stereocenters. The molecule has 0 aliphatic carbocycles. The predicted octanol–water partition coefficient (Wildman–Crippen LogP) is 1.49. The Balaban J connectivity index is 3.83. The smallest absolute Gasteiger partial charge is 0.321 e. The van der Waals surface area contributed by atoms with E-state index in [2.05, 4.69) is 10.6 Å². The van der Waals surface area contributed by atoms with Crippen molar-refractivity contribution in [1.82, 2.24) is 10.6 Å². The van der Waals surface area contributed by atoms with E-state index >= 15 is 0 Å². The molecule has 0 aromatic heterocycles. The van der Waals surface area contributed by atoms with Gasteiger partial charge in [0.05, 0.1) is 0 Å². The first-order chi connectivity index (χ1) is 6.22. The van der Waals surface area contributed by atoms with Crippen molar-refractivity contribution >= 4 is 23.5 Å². The second kappa shape index (κ2) is 5.20. The van der Waals surface area contributed by atoms with Crippen LogP contribution in [0.2, 0.25) is 0 Å². The summed E-state index contributed by atoms with van der Waals surface area (Å²) in [4.78, 5) is 22.1. The van der Waals surface area contributed by atoms with Crippen molar-refractivity contribution in [2.45, 2.75) is 33.1 Å². The SMILES string of the molecule is CC(Cl)C(=O)NC(=O)NCC(C)(C)C. The molecular weight excluding hydrogens is 204 g/mol. The van der Waals surface area contributed by atoms with E-state index in [4.69, 9.17) is 11.6 Å². The molecule has 0 saturated heterocycles. The minimum atomic E-state index is -0.699. The molecule has 82 valence electrons. The molecule has 1 atom stereocenters. The molecule has 0 bridgehead atoms. The van der Waals surface area contributed by atoms with Gasteiger partial charge in [-0.1, -0.05) is 20.8 Å². The van der Waals surface area contributed by atoms with Crippen LogP contribution >= 0.6 is 11.6 Å². The van der Waals surface area contributed by atoms with Gasteiger partial charge in [-0.3, -0.25) is 10.1 Å². The third kappa shape index (κ3) is 6.71. The highest BCUT2D eigenvalue weighted by atomic mass is 35.5. The van der Waals surface area contributed by atoms with Crippen molar-refractivity contribution in [1.29, 1.82) is 0 Å². The highest BCUT2D eigenvalue weighted by Crippen LogP contribution is 2.09. The van der Waals surface area contributed by atoms with Gasteiger partial charge in [-0.15, -0.1) is 11.6 Å². The predicted molar refractivity (Wildman–Crippen MR) is 56.3 cm³/mol. The van der Waals surface area contributed by atoms with Crippen molar-refractivity contribution in [2.75, 3.05) is 6.54 Å². The van der Waals surface area contributed by atoms with Gasteiger partial charge in [0.2, 0.25) is 5.91 Å². The number of rotatable bonds is 2. The largest absolute Gasteiger partial charge is 0.337 e. The van der Waals surface area contributed by atoms with E-state index in [0.29, 0.717) is 6.54 Å². The summed E-state index contributed by atoms with van der Waals surface area (Å²) in [5.41, 5.74) is -0.00698. The van der Waals surface area contributed by atoms with E-state index in [9.17, 15) is 9.59 Å². The maximum absolute atomic E-state index is 11.1. The average Bonchev–Trinajstić information content (AvgIpc) is 1.99. The lowest BCUT2D eigenvalue weighted by molar-refractivity contribution is -0.119. The third-order valence-corrected chi connectivity index (χ3v) is 1.58. The normalized spacial score (nSPS) is 13.2. The zero-order chi connectivity index (χ0) is 11.4. The summed E-state index contributed by atoms with van der Waals surface area (Å²) >= 11 is 5.47. The number of carbonyl (C=O) groups excluding carboxylic acids is 2. The molecule has 0 aromatic rings. The number of halogens is 1. The Labute approximate surface area is 89.4 Å². The molecule has 0 aromatic carbocycles. The van der Waals surface area contributed by atoms with Crippen molar-refractivity contribution in [3.8, 4) is 0 Å². The molecule has 4 nitrogen and oxygen atoms in total. The molecule has 0 saturated carbocycles. The fraction of sp³-hybridized carbons (Fsp3) is 0.778. The summed E-state index contributed by atoms with van der Waals surface area (Å²) in [5.74, 6) is -0.488. The first-order valence-corrected chi connectivity index (χ1v) is 4.89. The molecule has 2 N–H and O–H groups in total. The van der Waals surface area contributed by atoms with Crippen molar-refractivity contribution in [3.05, 3.63) is 0 Å². The van der Waals surface area contributed by atoms with Crippen LogP contribution in [0, 0.1) is 5.41 Å². The van der Waals surface area contributed by atoms with E-state index in [1.54, 1.807) is 0 Å². The molecule has 0 fully saturated rings. The highest BCUT2D eigenvalue weighted by molar-refractivity contribution is 6.31. The van der Waals surface area contributed by atoms with Crippen LogP contribution in [-0.4, -0.2) is 23.9 Å². The number of alkyl halides is 1. The number of imide groups is 1. The molecular formula is C9H17ClN2O2. The van der Waals surface area contributed by atoms with Crippen molar-refractivity contribution < 1.29 is 9.59 Å². The number of hydrogen-bond donors (Lipinski definition) is 2. The van der Waals surface area contributed by atoms with E-state index in [-0.39, 0.29) is 5.41 Å². The molecule has 0 heterocycles. The fourth-order valence-corrected chi connectivity index (χ4v) is 0.656. The summed E-state index contributed by atoms with van der Waals surface area (Å²) in [6.45, 7) is 7.97. The van der Waals surface area contributed by atoms with Gasteiger partial charge >= 0.3 is 6.03 Å². The maximum atomic E-state index is 11.1. The number of hydrogen-bond acceptors (Lipinski definition) is 2. The molecule has 0 radical (unpaired) electrons. The van der Waals surface area contributed by atoms with Gasteiger partial charge in [-0.2, -0.15) is 0 Å². The van der Waals surface area contributed by atoms with Crippen molar-refractivity contribution in [2.24, 2.45) is 5.41 Å². The molecule has 3 amide bonds. The Bertz CT molecular complexity index is 221. The molecule has 0 aliphatic rings. The minimum absolute atomic E-state index is 0.00698. The zero-order valence-electron chi connectivity index (χ0n) is 8.98. The van der Waals surface area contributed by atoms with E-state index in [1.807, 2.05) is 20.8 Å². The van der Waals surface area contributed by atoms with Crippen LogP contribution < -0.4 is 10.6 Å². The van der Waals surface area contributed by atoms with Crippen LogP contribution in [0.5, 0.6) is 0 Å². The van der Waals surface area contributed by atoms with E-state index < -0.39 is 17.3 Å². The highest BCUT2D eigenvalue weighted by Gasteiger charge is 2.15. The Morgan fingerprint density at radius 2 is 1.86 bits per heavy atom. The topological polar surface area (TPSA) is 58.2 Å². The van der Waals surface area contributed by atoms with Gasteiger partial charge in [0.15, 0.2) is 0 Å². The third-order valence-electron chi connectivity index (χ3n) is 1.38. The minimum Gasteiger partial charge on any atom is -0.337 e. The quantitative estimate of drug-likeness (QED) is 0.693. The van der Waals surface area contributed by atoms with Gasteiger partial charge in [0.1, 0.15) is 5.38 Å². The van der Waals surface area contributed by atoms with Crippen LogP contribution in [0.25, 0.3) is 0 Å². The zero-order valence-corrected chi connectivity index (χ0v) is 9.73. The van der Waals surface area contributed by atoms with Gasteiger partial charge in [0.25, 0.3) is 0 Å². The Hall–Kier alpha value is -0.770. The van der Waals surface area contributed by atoms with Crippen LogP contribution in [0.3, 0.4) is 0 Å². The lowest BCUT2D eigenvalue weighted by Crippen LogP contribution is -2.44. The summed E-state index contributed by atoms with van der Waals surface area (Å²) < 4.78 is 0. The first-order valence-electron chi connectivity index (χ1n) is 4.45. The van der Waals surface area contributed by atoms with Gasteiger partial charge in [-0.25, -0.2) is 4.79 Å². The van der Waals surface area contributed by atoms with E-state index in [0.717, 1.165) is 0 Å². The summed E-state index contributed by atoms with van der Waals surface area (Å²) in [7, 11) is 0. The Morgan fingerprint density at radius 3 is 2.21 bits per heavy atom. The molecule has 5 heteroatoms. The lowest BCUT2D eigenvalue weighted by atomic mass is 9.97. The average molecular weight is 221 g/mol. The molecule has 0 rings (SSSR count). The van der Waals surface area contributed by atoms with Crippen LogP contribution in [-0.2, 0) is 4.79 Å². The van der Waals surface area contributed by atoms with Crippen LogP contribution in [0.15, 0.2) is 0 Å². The number of amides is 3. The van der Waals surface area contributed by atoms with Crippen LogP contribution in [0.4, 0.5) is 4.79 Å². The second-order valence-corrected chi connectivity index (χ2v) is 5.00. The maximum Gasteiger partial charge on any atom is 0.321 e. The number of carbonyl (C=O) groups is 2. The number of urea groups is 1. The first kappa shape index (κ1) is 13.2. The number of nitrogens with one attached hydrogen (secondary N) is 2. The Kier molecular flexibility index (Phi) is 4.91. The molecule has 14 heavy (non-hydrogen) atoms. The standard InChI is InChI=1S/C9H17ClN2O2/c1-6(10)7(13)12-8(14)11-5-9(2,3)4/h6H,5H2,1-4H3,(H2,11,12,13,14). The monoisotopic (exact) mass is 220 g/mol. The fourth-order valence-electron chi connectivity index (χ4n) is 0.601. The summed E-state index contributed by atoms with van der Waals surface area (Å²) in [6, 6.07) is -0.502. The summed E-state index contributed by atoms with van der Waals surface area (Å²) in [6.07, 6.45) is 0. The lowest BCUT2D eigenvalue weighted by Gasteiger charge is -2.18. The van der Waals surface area contributed by atoms with Gasteiger partial charge in [0, 0.05) is 6.54 Å². The second-order valence-electron chi connectivity index (χ2n) is 4.35. The van der Waals surface area contributed by atoms with Crippen LogP contribution in [0.1, 0.15) is 27.7 Å².